The molecule has 7 aromatic rings. The van der Waals surface area contributed by atoms with E-state index in [0.717, 1.165) is 35.3 Å². The highest BCUT2D eigenvalue weighted by molar-refractivity contribution is 7.87. The Bertz CT molecular complexity index is 2270. The van der Waals surface area contributed by atoms with E-state index in [1.807, 2.05) is 0 Å². The van der Waals surface area contributed by atoms with Crippen molar-refractivity contribution in [1.29, 1.82) is 0 Å². The van der Waals surface area contributed by atoms with Crippen LogP contribution >= 0.6 is 14.1 Å². The summed E-state index contributed by atoms with van der Waals surface area (Å²) in [7, 11) is -4.61. The summed E-state index contributed by atoms with van der Waals surface area (Å²) >= 11 is 0. The smallest absolute Gasteiger partial charge is 0.0625 e. The van der Waals surface area contributed by atoms with Crippen molar-refractivity contribution in [1.82, 2.24) is 0 Å². The number of rotatable bonds is 9. The van der Waals surface area contributed by atoms with Crippen molar-refractivity contribution in [3.8, 4) is 11.1 Å². The zero-order valence-electron chi connectivity index (χ0n) is 29.0. The third-order valence-electron chi connectivity index (χ3n) is 9.66. The van der Waals surface area contributed by atoms with Crippen LogP contribution in [0.4, 0.5) is 11.4 Å². The largest absolute Gasteiger partial charge is 0.254 e. The lowest BCUT2D eigenvalue weighted by molar-refractivity contribution is 1.02. The molecule has 1 aliphatic rings. The highest BCUT2D eigenvalue weighted by Crippen LogP contribution is 2.59. The van der Waals surface area contributed by atoms with E-state index in [1.54, 1.807) is 0 Å². The van der Waals surface area contributed by atoms with Gasteiger partial charge >= 0.3 is 0 Å². The quantitative estimate of drug-likeness (QED) is 0.134. The molecule has 1 aliphatic carbocycles. The van der Waals surface area contributed by atoms with Crippen LogP contribution in [0, 0.1) is 0 Å². The highest BCUT2D eigenvalue weighted by atomic mass is 31.2. The summed E-state index contributed by atoms with van der Waals surface area (Å²) in [4.78, 5) is 0. The van der Waals surface area contributed by atoms with Gasteiger partial charge in [0.15, 0.2) is 0 Å². The molecule has 0 amide bonds. The Balaban J connectivity index is 1.21. The predicted molar refractivity (Wildman–Crippen MR) is 227 cm³/mol. The second kappa shape index (κ2) is 15.4. The molecule has 252 valence electrons. The summed E-state index contributed by atoms with van der Waals surface area (Å²) in [5.41, 5.74) is 4.27. The molecule has 0 radical (unpaired) electrons. The molecule has 8 rings (SSSR count). The zero-order chi connectivity index (χ0) is 35.1. The van der Waals surface area contributed by atoms with E-state index in [9.17, 15) is 0 Å². The van der Waals surface area contributed by atoms with Crippen LogP contribution in [-0.2, 0) is 0 Å². The van der Waals surface area contributed by atoms with Crippen molar-refractivity contribution < 1.29 is 0 Å². The first-order valence-electron chi connectivity index (χ1n) is 17.9. The molecule has 0 spiro atoms. The number of hydrogen-bond donors (Lipinski definition) is 0. The second-order valence-electron chi connectivity index (χ2n) is 12.9. The van der Waals surface area contributed by atoms with E-state index in [0.29, 0.717) is 0 Å². The number of nitrogens with zero attached hydrogens (tertiary/aromatic N) is 2. The van der Waals surface area contributed by atoms with Gasteiger partial charge < -0.3 is 0 Å². The fourth-order valence-electron chi connectivity index (χ4n) is 7.15. The molecule has 0 atom stereocenters. The van der Waals surface area contributed by atoms with Gasteiger partial charge in [-0.3, -0.25) is 9.49 Å². The van der Waals surface area contributed by atoms with Crippen molar-refractivity contribution in [2.24, 2.45) is 9.49 Å². The molecule has 52 heavy (non-hydrogen) atoms. The first kappa shape index (κ1) is 33.6. The Kier molecular flexibility index (Phi) is 9.94. The molecule has 0 fully saturated rings. The van der Waals surface area contributed by atoms with Crippen molar-refractivity contribution >= 4 is 52.0 Å². The van der Waals surface area contributed by atoms with E-state index in [1.165, 1.54) is 31.8 Å². The van der Waals surface area contributed by atoms with Gasteiger partial charge in [-0.05, 0) is 53.5 Å². The van der Waals surface area contributed by atoms with Gasteiger partial charge in [0.2, 0.25) is 0 Å². The first-order valence-corrected chi connectivity index (χ1v) is 21.3. The Labute approximate surface area is 308 Å². The van der Waals surface area contributed by atoms with Crippen LogP contribution in [0.5, 0.6) is 0 Å². The molecule has 4 heteroatoms. The van der Waals surface area contributed by atoms with Gasteiger partial charge in [0.25, 0.3) is 0 Å². The fraction of sp³-hybridized carbons (Fsp3) is 0.0417. The number of hydrogen-bond acceptors (Lipinski definition) is 2. The van der Waals surface area contributed by atoms with Gasteiger partial charge in [0, 0.05) is 26.5 Å². The topological polar surface area (TPSA) is 24.7 Å². The monoisotopic (exact) mass is 706 g/mol. The van der Waals surface area contributed by atoms with E-state index >= 15 is 0 Å². The zero-order valence-corrected chi connectivity index (χ0v) is 30.8. The van der Waals surface area contributed by atoms with Crippen molar-refractivity contribution in [2.45, 2.75) is 12.8 Å². The van der Waals surface area contributed by atoms with Gasteiger partial charge in [-0.15, -0.1) is 0 Å². The lowest BCUT2D eigenvalue weighted by Crippen LogP contribution is -2.25. The van der Waals surface area contributed by atoms with Crippen LogP contribution in [-0.4, -0.2) is 0 Å². The summed E-state index contributed by atoms with van der Waals surface area (Å²) in [6.45, 7) is 0. The van der Waals surface area contributed by atoms with Gasteiger partial charge in [-0.1, -0.05) is 194 Å². The molecule has 0 aromatic heterocycles. The van der Waals surface area contributed by atoms with E-state index in [4.69, 9.17) is 9.49 Å². The molecule has 0 N–H and O–H groups in total. The third-order valence-corrected chi connectivity index (χ3v) is 17.1. The van der Waals surface area contributed by atoms with Crippen LogP contribution in [0.25, 0.3) is 11.1 Å². The normalized spacial score (nSPS) is 12.9. The van der Waals surface area contributed by atoms with Gasteiger partial charge in [-0.2, -0.15) is 0 Å². The van der Waals surface area contributed by atoms with Crippen molar-refractivity contribution in [2.75, 3.05) is 0 Å². The molecular weight excluding hydrogens is 666 g/mol. The summed E-state index contributed by atoms with van der Waals surface area (Å²) in [5.74, 6) is 0. The van der Waals surface area contributed by atoms with Crippen LogP contribution < -0.4 is 26.5 Å². The average molecular weight is 707 g/mol. The molecule has 0 unspecified atom stereocenters. The molecule has 0 saturated heterocycles. The molecular formula is C48H40N2P2. The minimum Gasteiger partial charge on any atom is -0.254 e. The van der Waals surface area contributed by atoms with Gasteiger partial charge in [-0.25, -0.2) is 0 Å². The third kappa shape index (κ3) is 6.65. The van der Waals surface area contributed by atoms with E-state index < -0.39 is 14.1 Å². The molecule has 0 bridgehead atoms. The SMILES string of the molecule is C1=CCCC(P(=Nc2ccc(-c3ccc(N=P(c4ccccc4)(c4ccccc4)c4ccccc4)cc3)cc2)(c2ccccc2)c2ccccc2)=C1. The number of benzene rings is 7. The first-order chi connectivity index (χ1) is 25.8. The maximum Gasteiger partial charge on any atom is 0.0625 e. The summed E-state index contributed by atoms with van der Waals surface area (Å²) in [6, 6.07) is 71.7. The fourth-order valence-corrected chi connectivity index (χ4v) is 14.4. The maximum atomic E-state index is 5.73. The minimum absolute atomic E-state index is 0.968. The lowest BCUT2D eigenvalue weighted by atomic mass is 10.1. The lowest BCUT2D eigenvalue weighted by Gasteiger charge is -2.30. The highest BCUT2D eigenvalue weighted by Gasteiger charge is 2.30. The van der Waals surface area contributed by atoms with Crippen molar-refractivity contribution in [3.05, 3.63) is 224 Å². The van der Waals surface area contributed by atoms with Gasteiger partial charge in [0.1, 0.15) is 0 Å². The van der Waals surface area contributed by atoms with Crippen LogP contribution in [0.1, 0.15) is 12.8 Å². The molecule has 2 nitrogen and oxygen atoms in total. The van der Waals surface area contributed by atoms with E-state index in [-0.39, 0.29) is 0 Å². The van der Waals surface area contributed by atoms with E-state index in [2.05, 4.69) is 218 Å². The van der Waals surface area contributed by atoms with Crippen LogP contribution in [0.3, 0.4) is 0 Å². The Morgan fingerprint density at radius 2 is 0.673 bits per heavy atom. The molecule has 0 saturated carbocycles. The number of allylic oxidation sites excluding steroid dienone is 4. The standard InChI is InChI=1S/C48H40N2P2/c1-7-19-43(20-8-1)51(44-21-9-2-10-22-44,45-23-11-3-12-24-45)49-41-35-31-39(32-36-41)40-33-37-42(38-34-40)50-52(46-25-13-4-14-26-46,47-27-15-5-16-28-47)48-29-17-6-18-30-48/h1-17,19-29,31-38H,18,30H2. The Hall–Kier alpha value is -5.52. The second-order valence-corrected chi connectivity index (χ2v) is 19.0. The molecule has 0 heterocycles. The summed E-state index contributed by atoms with van der Waals surface area (Å²) in [5, 5.41) is 7.69. The predicted octanol–water partition coefficient (Wildman–Crippen LogP) is 11.9. The molecule has 7 aromatic carbocycles. The maximum absolute atomic E-state index is 5.73. The summed E-state index contributed by atoms with van der Waals surface area (Å²) in [6.07, 6.45) is 8.82. The van der Waals surface area contributed by atoms with Gasteiger partial charge in [0.05, 0.1) is 25.5 Å². The Morgan fingerprint density at radius 1 is 0.346 bits per heavy atom. The minimum atomic E-state index is -2.34. The van der Waals surface area contributed by atoms with Crippen LogP contribution in [0.2, 0.25) is 0 Å². The molecule has 0 aliphatic heterocycles. The van der Waals surface area contributed by atoms with Crippen LogP contribution in [0.15, 0.2) is 233 Å². The summed E-state index contributed by atoms with van der Waals surface area (Å²) < 4.78 is 11.4. The average Bonchev–Trinajstić information content (AvgIpc) is 3.24. The van der Waals surface area contributed by atoms with Crippen molar-refractivity contribution in [3.63, 3.8) is 0 Å². The Morgan fingerprint density at radius 3 is 1.00 bits per heavy atom.